The molecule has 1 rings (SSSR count). The smallest absolute Gasteiger partial charge is 0.261 e. The van der Waals surface area contributed by atoms with Crippen LogP contribution >= 0.6 is 23.7 Å². The molecule has 0 bridgehead atoms. The van der Waals surface area contributed by atoms with E-state index < -0.39 is 6.04 Å². The maximum atomic E-state index is 12.2. The fraction of sp³-hybridized carbons (Fsp3) is 0.571. The fourth-order valence-corrected chi connectivity index (χ4v) is 2.50. The zero-order chi connectivity index (χ0) is 15.2. The Morgan fingerprint density at radius 3 is 2.43 bits per heavy atom. The van der Waals surface area contributed by atoms with E-state index in [-0.39, 0.29) is 29.8 Å². The van der Waals surface area contributed by atoms with E-state index in [4.69, 9.17) is 5.73 Å². The number of carbonyl (C=O) groups excluding carboxylic acids is 2. The average Bonchev–Trinajstić information content (AvgIpc) is 2.99. The van der Waals surface area contributed by atoms with Gasteiger partial charge in [0.15, 0.2) is 0 Å². The lowest BCUT2D eigenvalue weighted by Crippen LogP contribution is -2.57. The Balaban J connectivity index is 0.00000400. The molecular formula is C14H24ClN3O2S. The van der Waals surface area contributed by atoms with Crippen LogP contribution in [0.1, 0.15) is 43.3 Å². The molecule has 0 saturated carbocycles. The molecule has 2 amide bonds. The van der Waals surface area contributed by atoms with Crippen LogP contribution < -0.4 is 16.4 Å². The van der Waals surface area contributed by atoms with Crippen molar-refractivity contribution in [2.24, 2.45) is 5.73 Å². The van der Waals surface area contributed by atoms with Gasteiger partial charge >= 0.3 is 0 Å². The molecule has 1 unspecified atom stereocenters. The van der Waals surface area contributed by atoms with Crippen LogP contribution in [0, 0.1) is 0 Å². The number of rotatable bonds is 7. The van der Waals surface area contributed by atoms with Crippen molar-refractivity contribution < 1.29 is 9.59 Å². The molecule has 1 aromatic heterocycles. The van der Waals surface area contributed by atoms with E-state index in [9.17, 15) is 9.59 Å². The Kier molecular flexibility index (Phi) is 8.54. The lowest BCUT2D eigenvalue weighted by Gasteiger charge is -2.32. The van der Waals surface area contributed by atoms with Crippen LogP contribution in [0.3, 0.4) is 0 Å². The van der Waals surface area contributed by atoms with Gasteiger partial charge in [0.25, 0.3) is 5.91 Å². The standard InChI is InChI=1S/C14H23N3O2S.ClH/c1-4-14(5-2,9-15)17-12(18)10(3)16-13(19)11-7-6-8-20-11;/h6-8,10H,4-5,9,15H2,1-3H3,(H,16,19)(H,17,18);1H. The number of thiophene rings is 1. The molecule has 4 N–H and O–H groups in total. The fourth-order valence-electron chi connectivity index (χ4n) is 1.88. The molecule has 0 aromatic carbocycles. The van der Waals surface area contributed by atoms with Gasteiger partial charge in [0, 0.05) is 6.54 Å². The first-order chi connectivity index (χ1) is 9.48. The molecule has 0 aliphatic heterocycles. The first kappa shape index (κ1) is 19.9. The maximum Gasteiger partial charge on any atom is 0.261 e. The highest BCUT2D eigenvalue weighted by Gasteiger charge is 2.28. The predicted molar refractivity (Wildman–Crippen MR) is 89.0 cm³/mol. The minimum Gasteiger partial charge on any atom is -0.348 e. The van der Waals surface area contributed by atoms with Gasteiger partial charge in [-0.25, -0.2) is 0 Å². The molecule has 5 nitrogen and oxygen atoms in total. The van der Waals surface area contributed by atoms with Crippen molar-refractivity contribution in [2.45, 2.75) is 45.2 Å². The highest BCUT2D eigenvalue weighted by atomic mass is 35.5. The van der Waals surface area contributed by atoms with Crippen LogP contribution in [0.2, 0.25) is 0 Å². The quantitative estimate of drug-likeness (QED) is 0.712. The molecule has 0 fully saturated rings. The topological polar surface area (TPSA) is 84.2 Å². The molecule has 0 aliphatic rings. The minimum absolute atomic E-state index is 0. The third kappa shape index (κ3) is 5.30. The first-order valence-electron chi connectivity index (χ1n) is 6.84. The van der Waals surface area contributed by atoms with E-state index in [0.717, 1.165) is 12.8 Å². The minimum atomic E-state index is -0.589. The molecule has 120 valence electrons. The van der Waals surface area contributed by atoms with Crippen molar-refractivity contribution in [2.75, 3.05) is 6.54 Å². The molecule has 1 atom stereocenters. The maximum absolute atomic E-state index is 12.2. The van der Waals surface area contributed by atoms with Gasteiger partial charge in [-0.3, -0.25) is 9.59 Å². The van der Waals surface area contributed by atoms with E-state index in [1.807, 2.05) is 19.2 Å². The Bertz CT molecular complexity index is 439. The van der Waals surface area contributed by atoms with E-state index >= 15 is 0 Å². The molecule has 1 heterocycles. The number of carbonyl (C=O) groups is 2. The Morgan fingerprint density at radius 1 is 1.38 bits per heavy atom. The largest absolute Gasteiger partial charge is 0.348 e. The first-order valence-corrected chi connectivity index (χ1v) is 7.72. The molecule has 0 aliphatic carbocycles. The molecule has 7 heteroatoms. The number of amides is 2. The summed E-state index contributed by atoms with van der Waals surface area (Å²) in [6.45, 7) is 6.04. The molecule has 0 saturated heterocycles. The second-order valence-electron chi connectivity index (χ2n) is 4.85. The number of nitrogens with one attached hydrogen (secondary N) is 2. The van der Waals surface area contributed by atoms with Gasteiger partial charge in [-0.05, 0) is 31.2 Å². The molecule has 1 aromatic rings. The van der Waals surface area contributed by atoms with Crippen LogP contribution in [0.25, 0.3) is 0 Å². The predicted octanol–water partition coefficient (Wildman–Crippen LogP) is 1.92. The van der Waals surface area contributed by atoms with Gasteiger partial charge < -0.3 is 16.4 Å². The van der Waals surface area contributed by atoms with E-state index in [0.29, 0.717) is 11.4 Å². The van der Waals surface area contributed by atoms with Crippen LogP contribution in [0.4, 0.5) is 0 Å². The lowest BCUT2D eigenvalue weighted by atomic mass is 9.92. The van der Waals surface area contributed by atoms with Crippen LogP contribution in [0.5, 0.6) is 0 Å². The number of hydrogen-bond donors (Lipinski definition) is 3. The summed E-state index contributed by atoms with van der Waals surface area (Å²) in [5.41, 5.74) is 5.37. The second-order valence-corrected chi connectivity index (χ2v) is 5.80. The second kappa shape index (κ2) is 9.02. The van der Waals surface area contributed by atoms with Crippen molar-refractivity contribution in [1.82, 2.24) is 10.6 Å². The normalized spacial score (nSPS) is 12.2. The Labute approximate surface area is 136 Å². The zero-order valence-corrected chi connectivity index (χ0v) is 14.3. The summed E-state index contributed by atoms with van der Waals surface area (Å²) >= 11 is 1.35. The Hall–Kier alpha value is -1.11. The molecular weight excluding hydrogens is 310 g/mol. The molecule has 21 heavy (non-hydrogen) atoms. The SMILES string of the molecule is CCC(CC)(CN)NC(=O)C(C)NC(=O)c1cccs1.Cl. The van der Waals surface area contributed by atoms with E-state index in [1.165, 1.54) is 11.3 Å². The summed E-state index contributed by atoms with van der Waals surface area (Å²) in [5.74, 6) is -0.432. The highest BCUT2D eigenvalue weighted by molar-refractivity contribution is 7.12. The zero-order valence-electron chi connectivity index (χ0n) is 12.6. The van der Waals surface area contributed by atoms with Crippen LogP contribution in [-0.2, 0) is 4.79 Å². The van der Waals surface area contributed by atoms with Crippen molar-refractivity contribution in [3.63, 3.8) is 0 Å². The van der Waals surface area contributed by atoms with Crippen molar-refractivity contribution in [3.8, 4) is 0 Å². The third-order valence-corrected chi connectivity index (χ3v) is 4.49. The summed E-state index contributed by atoms with van der Waals surface area (Å²) in [5, 5.41) is 7.48. The third-order valence-electron chi connectivity index (χ3n) is 3.62. The number of halogens is 1. The number of nitrogens with two attached hydrogens (primary N) is 1. The van der Waals surface area contributed by atoms with Crippen molar-refractivity contribution in [3.05, 3.63) is 22.4 Å². The summed E-state index contributed by atoms with van der Waals surface area (Å²) in [6, 6.07) is 2.94. The summed E-state index contributed by atoms with van der Waals surface area (Å²) < 4.78 is 0. The van der Waals surface area contributed by atoms with E-state index in [2.05, 4.69) is 10.6 Å². The highest BCUT2D eigenvalue weighted by Crippen LogP contribution is 2.13. The van der Waals surface area contributed by atoms with Crippen molar-refractivity contribution in [1.29, 1.82) is 0 Å². The molecule has 0 spiro atoms. The summed E-state index contributed by atoms with van der Waals surface area (Å²) in [4.78, 5) is 24.6. The summed E-state index contributed by atoms with van der Waals surface area (Å²) in [6.07, 6.45) is 1.52. The van der Waals surface area contributed by atoms with Crippen LogP contribution in [0.15, 0.2) is 17.5 Å². The summed E-state index contributed by atoms with van der Waals surface area (Å²) in [7, 11) is 0. The van der Waals surface area contributed by atoms with Gasteiger partial charge in [0.2, 0.25) is 5.91 Å². The van der Waals surface area contributed by atoms with E-state index in [1.54, 1.807) is 19.1 Å². The van der Waals surface area contributed by atoms with Gasteiger partial charge in [-0.15, -0.1) is 23.7 Å². The lowest BCUT2D eigenvalue weighted by molar-refractivity contribution is -0.124. The Morgan fingerprint density at radius 2 is 2.00 bits per heavy atom. The molecule has 0 radical (unpaired) electrons. The van der Waals surface area contributed by atoms with Crippen LogP contribution in [-0.4, -0.2) is 29.9 Å². The monoisotopic (exact) mass is 333 g/mol. The van der Waals surface area contributed by atoms with Gasteiger partial charge in [0.1, 0.15) is 6.04 Å². The average molecular weight is 334 g/mol. The van der Waals surface area contributed by atoms with Gasteiger partial charge in [0.05, 0.1) is 10.4 Å². The van der Waals surface area contributed by atoms with Gasteiger partial charge in [-0.2, -0.15) is 0 Å². The van der Waals surface area contributed by atoms with Gasteiger partial charge in [-0.1, -0.05) is 19.9 Å². The van der Waals surface area contributed by atoms with Crippen molar-refractivity contribution >= 4 is 35.6 Å². The number of hydrogen-bond acceptors (Lipinski definition) is 4.